The molecule has 0 aliphatic rings. The molecule has 0 atom stereocenters. The van der Waals surface area contributed by atoms with Gasteiger partial charge in [-0.05, 0) is 64.3 Å². The number of hydrogen-bond donors (Lipinski definition) is 1. The highest BCUT2D eigenvalue weighted by Crippen LogP contribution is 2.34. The molecule has 0 saturated heterocycles. The number of pyridine rings is 1. The van der Waals surface area contributed by atoms with Gasteiger partial charge in [-0.2, -0.15) is 15.3 Å². The summed E-state index contributed by atoms with van der Waals surface area (Å²) in [6, 6.07) is 11.6. The van der Waals surface area contributed by atoms with Crippen LogP contribution in [-0.4, -0.2) is 49.6 Å². The Hall–Kier alpha value is -5.21. The summed E-state index contributed by atoms with van der Waals surface area (Å²) in [5.74, 6) is -0.147. The molecule has 0 saturated carbocycles. The van der Waals surface area contributed by atoms with Crippen LogP contribution in [0.25, 0.3) is 11.2 Å². The van der Waals surface area contributed by atoms with Gasteiger partial charge in [-0.1, -0.05) is 29.3 Å². The molecule has 1 amide bonds. The van der Waals surface area contributed by atoms with Gasteiger partial charge in [0.2, 0.25) is 0 Å². The van der Waals surface area contributed by atoms with Gasteiger partial charge < -0.3 is 18.8 Å². The SMILES string of the molecule is COCc1c(Br)c(C)n(CC(=O)NN=Cc2ccc(Oc3nc4c(c(=O)n(C)c(=O)n4C)n3Cc3ccc(Cl)cc3Cl)c(OC)c2)c(=O)c1C#N. The van der Waals surface area contributed by atoms with Crippen molar-refractivity contribution in [3.63, 3.8) is 0 Å². The normalized spacial score (nSPS) is 11.3. The Morgan fingerprint density at radius 1 is 1.06 bits per heavy atom. The molecule has 0 unspecified atom stereocenters. The number of rotatable bonds is 11. The van der Waals surface area contributed by atoms with E-state index < -0.39 is 29.3 Å². The average Bonchev–Trinajstić information content (AvgIpc) is 3.46. The van der Waals surface area contributed by atoms with E-state index in [1.54, 1.807) is 43.3 Å². The van der Waals surface area contributed by atoms with Crippen molar-refractivity contribution in [1.29, 1.82) is 5.26 Å². The number of halogens is 3. The lowest BCUT2D eigenvalue weighted by molar-refractivity contribution is -0.121. The average molecular weight is 800 g/mol. The summed E-state index contributed by atoms with van der Waals surface area (Å²) in [7, 11) is 5.73. The van der Waals surface area contributed by atoms with Crippen molar-refractivity contribution in [3.8, 4) is 23.6 Å². The Labute approximate surface area is 307 Å². The van der Waals surface area contributed by atoms with Crippen LogP contribution in [0.15, 0.2) is 60.4 Å². The fourth-order valence-corrected chi connectivity index (χ4v) is 6.22. The Bertz CT molecular complexity index is 2460. The monoisotopic (exact) mass is 798 g/mol. The fourth-order valence-electron chi connectivity index (χ4n) is 5.22. The molecule has 15 nitrogen and oxygen atoms in total. The van der Waals surface area contributed by atoms with Gasteiger partial charge >= 0.3 is 11.7 Å². The van der Waals surface area contributed by atoms with E-state index in [2.05, 4.69) is 31.4 Å². The molecule has 0 radical (unpaired) electrons. The maximum absolute atomic E-state index is 13.3. The number of ether oxygens (including phenoxy) is 3. The third-order valence-corrected chi connectivity index (χ3v) is 9.54. The van der Waals surface area contributed by atoms with Crippen molar-refractivity contribution in [2.45, 2.75) is 26.6 Å². The number of hydrazone groups is 1. The largest absolute Gasteiger partial charge is 0.493 e. The molecule has 2 aromatic carbocycles. The summed E-state index contributed by atoms with van der Waals surface area (Å²) >= 11 is 16.0. The van der Waals surface area contributed by atoms with Crippen molar-refractivity contribution >= 4 is 62.4 Å². The Balaban J connectivity index is 1.41. The third kappa shape index (κ3) is 7.33. The van der Waals surface area contributed by atoms with Crippen LogP contribution in [-0.2, 0) is 43.3 Å². The lowest BCUT2D eigenvalue weighted by atomic mass is 10.1. The van der Waals surface area contributed by atoms with Gasteiger partial charge in [-0.3, -0.25) is 28.1 Å². The first kappa shape index (κ1) is 37.1. The zero-order valence-corrected chi connectivity index (χ0v) is 30.9. The highest BCUT2D eigenvalue weighted by atomic mass is 79.9. The number of nitrogens with zero attached hydrogens (tertiary/aromatic N) is 7. The van der Waals surface area contributed by atoms with Crippen LogP contribution in [0.1, 0.15) is 27.9 Å². The maximum atomic E-state index is 13.3. The second kappa shape index (κ2) is 15.4. The number of aromatic nitrogens is 5. The number of fused-ring (bicyclic) bond motifs is 1. The quantitative estimate of drug-likeness (QED) is 0.153. The third-order valence-electron chi connectivity index (χ3n) is 7.90. The molecular weight excluding hydrogens is 771 g/mol. The summed E-state index contributed by atoms with van der Waals surface area (Å²) in [4.78, 5) is 56.2. The lowest BCUT2D eigenvalue weighted by Gasteiger charge is -2.15. The zero-order valence-electron chi connectivity index (χ0n) is 27.8. The second-order valence-electron chi connectivity index (χ2n) is 11.1. The molecule has 3 heterocycles. The topological polar surface area (TPSA) is 177 Å². The molecule has 3 aromatic heterocycles. The van der Waals surface area contributed by atoms with Crippen LogP contribution in [0.4, 0.5) is 0 Å². The van der Waals surface area contributed by atoms with Gasteiger partial charge in [-0.25, -0.2) is 10.2 Å². The van der Waals surface area contributed by atoms with Gasteiger partial charge in [0, 0.05) is 47.0 Å². The molecule has 264 valence electrons. The number of hydrogen-bond acceptors (Lipinski definition) is 10. The van der Waals surface area contributed by atoms with Crippen molar-refractivity contribution < 1.29 is 19.0 Å². The smallest absolute Gasteiger partial charge is 0.332 e. The summed E-state index contributed by atoms with van der Waals surface area (Å²) in [5, 5.41) is 14.3. The lowest BCUT2D eigenvalue weighted by Crippen LogP contribution is -2.37. The summed E-state index contributed by atoms with van der Waals surface area (Å²) in [5.41, 5.74) is 2.64. The standard InChI is InChI=1S/C33H29BrCl2N8O7/c1-17-27(34)22(16-49-4)21(12-37)30(46)43(17)15-26(45)40-38-13-18-6-9-24(25(10-18)50-5)51-32-39-29-28(31(47)42(3)33(48)41(29)2)44(32)14-19-7-8-20(35)11-23(19)36/h6-11,13H,14-16H2,1-5H3,(H,40,45). The zero-order chi connectivity index (χ0) is 37.1. The van der Waals surface area contributed by atoms with E-state index in [9.17, 15) is 24.4 Å². The van der Waals surface area contributed by atoms with Crippen LogP contribution >= 0.6 is 39.1 Å². The van der Waals surface area contributed by atoms with Crippen molar-refractivity contribution in [1.82, 2.24) is 28.7 Å². The highest BCUT2D eigenvalue weighted by molar-refractivity contribution is 9.10. The number of nitriles is 1. The fraction of sp³-hybridized carbons (Fsp3) is 0.242. The van der Waals surface area contributed by atoms with E-state index >= 15 is 0 Å². The van der Waals surface area contributed by atoms with Gasteiger partial charge in [0.25, 0.3) is 17.0 Å². The van der Waals surface area contributed by atoms with E-state index in [1.165, 1.54) is 48.2 Å². The minimum absolute atomic E-state index is 0.0201. The number of carbonyl (C=O) groups excluding carboxylic acids is 1. The van der Waals surface area contributed by atoms with Gasteiger partial charge in [-0.15, -0.1) is 0 Å². The van der Waals surface area contributed by atoms with Crippen LogP contribution in [0.5, 0.6) is 17.5 Å². The van der Waals surface area contributed by atoms with Crippen molar-refractivity contribution in [2.24, 2.45) is 19.2 Å². The van der Waals surface area contributed by atoms with E-state index in [0.29, 0.717) is 36.9 Å². The molecule has 0 aliphatic heterocycles. The van der Waals surface area contributed by atoms with Crippen LogP contribution in [0.3, 0.4) is 0 Å². The summed E-state index contributed by atoms with van der Waals surface area (Å²) in [6.45, 7) is 1.35. The molecule has 51 heavy (non-hydrogen) atoms. The Kier molecular flexibility index (Phi) is 11.2. The first-order valence-corrected chi connectivity index (χ1v) is 16.4. The van der Waals surface area contributed by atoms with Crippen molar-refractivity contribution in [3.05, 3.63) is 110 Å². The number of benzene rings is 2. The van der Waals surface area contributed by atoms with Gasteiger partial charge in [0.1, 0.15) is 18.2 Å². The van der Waals surface area contributed by atoms with Crippen molar-refractivity contribution in [2.75, 3.05) is 14.2 Å². The molecular formula is C33H29BrCl2N8O7. The van der Waals surface area contributed by atoms with Crippen LogP contribution in [0, 0.1) is 18.3 Å². The number of amides is 1. The predicted octanol–water partition coefficient (Wildman–Crippen LogP) is 3.99. The van der Waals surface area contributed by atoms with Gasteiger partial charge in [0.05, 0.1) is 26.5 Å². The van der Waals surface area contributed by atoms with Crippen LogP contribution in [0.2, 0.25) is 10.0 Å². The second-order valence-corrected chi connectivity index (χ2v) is 12.7. The highest BCUT2D eigenvalue weighted by Gasteiger charge is 2.23. The molecule has 1 N–H and O–H groups in total. The molecule has 0 aliphatic carbocycles. The molecule has 5 rings (SSSR count). The Morgan fingerprint density at radius 2 is 1.80 bits per heavy atom. The van der Waals surface area contributed by atoms with E-state index in [1.807, 2.05) is 6.07 Å². The molecule has 18 heteroatoms. The summed E-state index contributed by atoms with van der Waals surface area (Å²) in [6.07, 6.45) is 1.36. The van der Waals surface area contributed by atoms with E-state index in [0.717, 1.165) is 4.57 Å². The number of methoxy groups -OCH3 is 2. The molecule has 0 bridgehead atoms. The first-order valence-electron chi connectivity index (χ1n) is 14.9. The van der Waals surface area contributed by atoms with Crippen LogP contribution < -0.4 is 31.7 Å². The minimum atomic E-state index is -0.628. The number of aryl methyl sites for hydroxylation is 1. The van der Waals surface area contributed by atoms with Gasteiger partial charge in [0.15, 0.2) is 22.7 Å². The number of nitrogens with one attached hydrogen (secondary N) is 1. The molecule has 0 spiro atoms. The summed E-state index contributed by atoms with van der Waals surface area (Å²) < 4.78 is 22.2. The Morgan fingerprint density at radius 3 is 2.47 bits per heavy atom. The minimum Gasteiger partial charge on any atom is -0.493 e. The number of carbonyl (C=O) groups is 1. The first-order chi connectivity index (χ1) is 24.3. The molecule has 0 fully saturated rings. The number of imidazole rings is 1. The van der Waals surface area contributed by atoms with E-state index in [-0.39, 0.29) is 47.4 Å². The molecule has 5 aromatic rings. The predicted molar refractivity (Wildman–Crippen MR) is 193 cm³/mol. The maximum Gasteiger partial charge on any atom is 0.332 e. The van der Waals surface area contributed by atoms with E-state index in [4.69, 9.17) is 37.4 Å².